The molecule has 0 bridgehead atoms. The number of nitrogens with two attached hydrogens (primary N) is 1. The van der Waals surface area contributed by atoms with E-state index in [4.69, 9.17) is 5.73 Å². The first-order chi connectivity index (χ1) is 18.5. The van der Waals surface area contributed by atoms with Crippen molar-refractivity contribution in [3.8, 4) is 5.75 Å². The van der Waals surface area contributed by atoms with Crippen LogP contribution in [0, 0.1) is 0 Å². The number of phenols is 1. The Hall–Kier alpha value is -4.45. The van der Waals surface area contributed by atoms with E-state index in [2.05, 4.69) is 26.6 Å². The minimum Gasteiger partial charge on any atom is -0.508 e. The molecule has 2 aromatic rings. The molecule has 0 saturated heterocycles. The van der Waals surface area contributed by atoms with Gasteiger partial charge in [-0.25, -0.2) is 0 Å². The topological polar surface area (TPSA) is 192 Å². The van der Waals surface area contributed by atoms with E-state index in [0.29, 0.717) is 0 Å². The van der Waals surface area contributed by atoms with Crippen LogP contribution in [0.1, 0.15) is 25.0 Å². The van der Waals surface area contributed by atoms with E-state index in [9.17, 15) is 29.1 Å². The van der Waals surface area contributed by atoms with Crippen molar-refractivity contribution in [1.29, 1.82) is 0 Å². The molecular weight excluding hydrogens is 504 g/mol. The Balaban J connectivity index is 1.85. The average Bonchev–Trinajstić information content (AvgIpc) is 2.90. The van der Waals surface area contributed by atoms with Gasteiger partial charge in [0.05, 0.1) is 12.6 Å². The van der Waals surface area contributed by atoms with Gasteiger partial charge >= 0.3 is 0 Å². The highest BCUT2D eigenvalue weighted by molar-refractivity contribution is 5.93. The molecule has 5 amide bonds. The molecule has 12 heteroatoms. The maximum Gasteiger partial charge on any atom is 0.242 e. The quantitative estimate of drug-likeness (QED) is 0.147. The summed E-state index contributed by atoms with van der Waals surface area (Å²) in [6.07, 6.45) is 0.427. The van der Waals surface area contributed by atoms with Gasteiger partial charge in [-0.05, 0) is 36.6 Å². The summed E-state index contributed by atoms with van der Waals surface area (Å²) in [5.41, 5.74) is 7.50. The fourth-order valence-electron chi connectivity index (χ4n) is 3.54. The zero-order chi connectivity index (χ0) is 28.8. The third-order valence-electron chi connectivity index (χ3n) is 5.64. The molecule has 0 unspecified atom stereocenters. The molecule has 3 atom stereocenters. The first-order valence-corrected chi connectivity index (χ1v) is 12.5. The van der Waals surface area contributed by atoms with Gasteiger partial charge in [-0.1, -0.05) is 42.5 Å². The molecule has 2 aromatic carbocycles. The van der Waals surface area contributed by atoms with Crippen LogP contribution in [0.25, 0.3) is 0 Å². The summed E-state index contributed by atoms with van der Waals surface area (Å²) in [4.78, 5) is 61.1. The van der Waals surface area contributed by atoms with E-state index in [1.165, 1.54) is 26.0 Å². The second-order valence-corrected chi connectivity index (χ2v) is 9.01. The second-order valence-electron chi connectivity index (χ2n) is 9.01. The highest BCUT2D eigenvalue weighted by atomic mass is 16.3. The van der Waals surface area contributed by atoms with Gasteiger partial charge in [-0.2, -0.15) is 0 Å². The standard InChI is InChI=1S/C27H36N6O6/c1-17(32-26(38)22(28)14-20-8-10-21(35)11-9-20)25(37)31-16-24(36)33-23(15-19-6-4-3-5-7-19)27(39)30-13-12-29-18(2)34/h3-11,17,22-23,35H,12-16,28H2,1-2H3,(H,29,34)(H,30,39)(H,31,37)(H,32,38)(H,33,36)/t17-,22+,23+/m1/s1. The van der Waals surface area contributed by atoms with Crippen LogP contribution in [-0.4, -0.2) is 72.4 Å². The molecule has 210 valence electrons. The monoisotopic (exact) mass is 540 g/mol. The molecule has 8 N–H and O–H groups in total. The fraction of sp³-hybridized carbons (Fsp3) is 0.370. The molecule has 0 saturated carbocycles. The van der Waals surface area contributed by atoms with E-state index in [1.54, 1.807) is 12.1 Å². The van der Waals surface area contributed by atoms with Crippen molar-refractivity contribution in [3.05, 3.63) is 65.7 Å². The zero-order valence-electron chi connectivity index (χ0n) is 22.0. The fourth-order valence-corrected chi connectivity index (χ4v) is 3.54. The number of hydrogen-bond acceptors (Lipinski definition) is 7. The van der Waals surface area contributed by atoms with Crippen LogP contribution in [0.3, 0.4) is 0 Å². The minimum absolute atomic E-state index is 0.0973. The van der Waals surface area contributed by atoms with Gasteiger partial charge in [-0.15, -0.1) is 0 Å². The summed E-state index contributed by atoms with van der Waals surface area (Å²) in [5, 5.41) is 22.2. The number of phenolic OH excluding ortho intramolecular Hbond substituents is 1. The number of carbonyl (C=O) groups excluding carboxylic acids is 5. The van der Waals surface area contributed by atoms with Gasteiger partial charge in [0.2, 0.25) is 29.5 Å². The summed E-state index contributed by atoms with van der Waals surface area (Å²) in [7, 11) is 0. The lowest BCUT2D eigenvalue weighted by atomic mass is 10.1. The van der Waals surface area contributed by atoms with Crippen LogP contribution in [0.5, 0.6) is 5.75 Å². The SMILES string of the molecule is CC(=O)NCCNC(=O)[C@H](Cc1ccccc1)NC(=O)CNC(=O)[C@@H](C)NC(=O)[C@@H](N)Cc1ccc(O)cc1. The highest BCUT2D eigenvalue weighted by Crippen LogP contribution is 2.11. The Morgan fingerprint density at radius 2 is 1.38 bits per heavy atom. The summed E-state index contributed by atoms with van der Waals surface area (Å²) in [6.45, 7) is 2.84. The summed E-state index contributed by atoms with van der Waals surface area (Å²) in [5.74, 6) is -2.31. The van der Waals surface area contributed by atoms with Gasteiger partial charge in [-0.3, -0.25) is 24.0 Å². The Bertz CT molecular complexity index is 1130. The number of amides is 5. The summed E-state index contributed by atoms with van der Waals surface area (Å²) in [6, 6.07) is 12.6. The van der Waals surface area contributed by atoms with Crippen molar-refractivity contribution in [1.82, 2.24) is 26.6 Å². The molecule has 0 aliphatic heterocycles. The van der Waals surface area contributed by atoms with E-state index in [0.717, 1.165) is 11.1 Å². The maximum atomic E-state index is 12.7. The molecule has 0 aliphatic carbocycles. The molecule has 12 nitrogen and oxygen atoms in total. The third-order valence-corrected chi connectivity index (χ3v) is 5.64. The molecule has 0 aliphatic rings. The number of benzene rings is 2. The van der Waals surface area contributed by atoms with Crippen molar-refractivity contribution >= 4 is 29.5 Å². The van der Waals surface area contributed by atoms with Crippen molar-refractivity contribution in [2.45, 2.75) is 44.8 Å². The van der Waals surface area contributed by atoms with Crippen molar-refractivity contribution in [3.63, 3.8) is 0 Å². The number of aromatic hydroxyl groups is 1. The second kappa shape index (κ2) is 15.7. The molecule has 39 heavy (non-hydrogen) atoms. The van der Waals surface area contributed by atoms with E-state index >= 15 is 0 Å². The number of hydrogen-bond donors (Lipinski definition) is 7. The lowest BCUT2D eigenvalue weighted by molar-refractivity contribution is -0.131. The Labute approximate surface area is 227 Å². The molecule has 0 heterocycles. The predicted molar refractivity (Wildman–Crippen MR) is 144 cm³/mol. The average molecular weight is 541 g/mol. The lowest BCUT2D eigenvalue weighted by Gasteiger charge is -2.20. The Morgan fingerprint density at radius 1 is 0.769 bits per heavy atom. The van der Waals surface area contributed by atoms with E-state index in [1.807, 2.05) is 30.3 Å². The molecule has 0 radical (unpaired) electrons. The Morgan fingerprint density at radius 3 is 2.03 bits per heavy atom. The van der Waals surface area contributed by atoms with Crippen molar-refractivity contribution < 1.29 is 29.1 Å². The van der Waals surface area contributed by atoms with Gasteiger partial charge in [0.25, 0.3) is 0 Å². The smallest absolute Gasteiger partial charge is 0.242 e. The van der Waals surface area contributed by atoms with Crippen LogP contribution in [0.4, 0.5) is 0 Å². The predicted octanol–water partition coefficient (Wildman–Crippen LogP) is -1.14. The molecule has 0 aromatic heterocycles. The van der Waals surface area contributed by atoms with Gasteiger partial charge in [0, 0.05) is 26.4 Å². The van der Waals surface area contributed by atoms with Crippen LogP contribution in [0.15, 0.2) is 54.6 Å². The lowest BCUT2D eigenvalue weighted by Crippen LogP contribution is -2.54. The molecule has 0 fully saturated rings. The van der Waals surface area contributed by atoms with Gasteiger partial charge in [0.1, 0.15) is 17.8 Å². The van der Waals surface area contributed by atoms with Crippen LogP contribution >= 0.6 is 0 Å². The van der Waals surface area contributed by atoms with E-state index in [-0.39, 0.29) is 37.6 Å². The highest BCUT2D eigenvalue weighted by Gasteiger charge is 2.23. The summed E-state index contributed by atoms with van der Waals surface area (Å²) < 4.78 is 0. The third kappa shape index (κ3) is 11.6. The van der Waals surface area contributed by atoms with Crippen LogP contribution in [-0.2, 0) is 36.8 Å². The first kappa shape index (κ1) is 30.8. The first-order valence-electron chi connectivity index (χ1n) is 12.5. The Kier molecular flexibility index (Phi) is 12.4. The van der Waals surface area contributed by atoms with Crippen molar-refractivity contribution in [2.24, 2.45) is 5.73 Å². The van der Waals surface area contributed by atoms with E-state index < -0.39 is 48.3 Å². The van der Waals surface area contributed by atoms with Crippen LogP contribution < -0.4 is 32.3 Å². The number of carbonyl (C=O) groups is 5. The van der Waals surface area contributed by atoms with Crippen molar-refractivity contribution in [2.75, 3.05) is 19.6 Å². The normalized spacial score (nSPS) is 12.8. The number of nitrogens with one attached hydrogen (secondary N) is 5. The molecule has 0 spiro atoms. The molecular formula is C27H36N6O6. The van der Waals surface area contributed by atoms with Gasteiger partial charge in [0.15, 0.2) is 0 Å². The maximum absolute atomic E-state index is 12.7. The summed E-state index contributed by atoms with van der Waals surface area (Å²) >= 11 is 0. The molecule has 2 rings (SSSR count). The van der Waals surface area contributed by atoms with Crippen LogP contribution in [0.2, 0.25) is 0 Å². The number of rotatable bonds is 14. The van der Waals surface area contributed by atoms with Gasteiger partial charge < -0.3 is 37.4 Å². The largest absolute Gasteiger partial charge is 0.508 e. The zero-order valence-corrected chi connectivity index (χ0v) is 22.0. The minimum atomic E-state index is -0.964.